The Morgan fingerprint density at radius 1 is 0.769 bits per heavy atom. The first-order valence-corrected chi connectivity index (χ1v) is 7.98. The summed E-state index contributed by atoms with van der Waals surface area (Å²) in [4.78, 5) is 31.9. The molecule has 0 saturated carbocycles. The van der Waals surface area contributed by atoms with Crippen LogP contribution in [0.1, 0.15) is 43.4 Å². The van der Waals surface area contributed by atoms with Gasteiger partial charge in [-0.3, -0.25) is 30.3 Å². The summed E-state index contributed by atoms with van der Waals surface area (Å²) < 4.78 is 0. The predicted octanol–water partition coefficient (Wildman–Crippen LogP) is 4.88. The lowest BCUT2D eigenvalue weighted by molar-refractivity contribution is -0.394. The summed E-state index contributed by atoms with van der Waals surface area (Å²) in [5.74, 6) is -0.410. The average Bonchev–Trinajstić information content (AvgIpc) is 2.87. The Morgan fingerprint density at radius 3 is 1.69 bits per heavy atom. The molecule has 2 aromatic rings. The number of hydrogen-bond acceptors (Lipinski definition) is 6. The molecule has 0 spiro atoms. The highest BCUT2D eigenvalue weighted by Crippen LogP contribution is 2.53. The van der Waals surface area contributed by atoms with Crippen LogP contribution in [0.2, 0.25) is 0 Å². The second-order valence-electron chi connectivity index (χ2n) is 5.67. The molecular formula is C17H17N3O6. The first-order valence-electron chi connectivity index (χ1n) is 7.98. The van der Waals surface area contributed by atoms with Gasteiger partial charge in [0, 0.05) is 18.1 Å². The monoisotopic (exact) mass is 359 g/mol. The maximum absolute atomic E-state index is 11.4. The largest absolute Gasteiger partial charge is 0.284 e. The molecule has 0 heterocycles. The van der Waals surface area contributed by atoms with Crippen molar-refractivity contribution in [1.29, 1.82) is 0 Å². The number of benzene rings is 2. The van der Waals surface area contributed by atoms with Crippen molar-refractivity contribution in [2.75, 3.05) is 0 Å². The van der Waals surface area contributed by atoms with Crippen molar-refractivity contribution in [3.8, 4) is 11.1 Å². The van der Waals surface area contributed by atoms with Crippen LogP contribution in [0, 0.1) is 37.3 Å². The smallest absolute Gasteiger partial charge is 0.258 e. The average molecular weight is 359 g/mol. The molecule has 0 aliphatic heterocycles. The number of non-ortho nitro benzene ring substituents is 1. The van der Waals surface area contributed by atoms with Gasteiger partial charge in [0.05, 0.1) is 32.0 Å². The Bertz CT molecular complexity index is 939. The van der Waals surface area contributed by atoms with E-state index in [-0.39, 0.29) is 16.8 Å². The van der Waals surface area contributed by atoms with E-state index in [0.717, 1.165) is 6.07 Å². The van der Waals surface area contributed by atoms with E-state index in [1.165, 1.54) is 12.1 Å². The third kappa shape index (κ3) is 2.87. The zero-order valence-corrected chi connectivity index (χ0v) is 14.7. The zero-order valence-electron chi connectivity index (χ0n) is 14.7. The molecule has 2 aromatic carbocycles. The Hall–Kier alpha value is -3.36. The summed E-state index contributed by atoms with van der Waals surface area (Å²) >= 11 is 0. The van der Waals surface area contributed by atoms with Crippen molar-refractivity contribution in [2.24, 2.45) is 0 Å². The van der Waals surface area contributed by atoms with E-state index in [1.807, 2.05) is 13.8 Å². The van der Waals surface area contributed by atoms with Crippen LogP contribution in [-0.2, 0) is 0 Å². The lowest BCUT2D eigenvalue weighted by atomic mass is 9.97. The molecule has 0 amide bonds. The summed E-state index contributed by atoms with van der Waals surface area (Å²) in [6, 6.07) is 5.19. The predicted molar refractivity (Wildman–Crippen MR) is 95.4 cm³/mol. The molecule has 0 N–H and O–H groups in total. The van der Waals surface area contributed by atoms with E-state index in [9.17, 15) is 30.3 Å². The van der Waals surface area contributed by atoms with E-state index in [0.29, 0.717) is 16.7 Å². The molecule has 9 nitrogen and oxygen atoms in total. The SMILES string of the molecule is CC.Cc1cc2c(c([N+](=O)[O-])c1)-c1c(cc([N+](=O)[O-])cc1[N+](=O)[O-])C2C. The Kier molecular flexibility index (Phi) is 5.01. The molecule has 1 atom stereocenters. The topological polar surface area (TPSA) is 129 Å². The molecule has 1 unspecified atom stereocenters. The Morgan fingerprint density at radius 2 is 1.23 bits per heavy atom. The van der Waals surface area contributed by atoms with Crippen LogP contribution >= 0.6 is 0 Å². The van der Waals surface area contributed by atoms with Crippen molar-refractivity contribution in [3.05, 3.63) is 71.3 Å². The number of hydrogen-bond donors (Lipinski definition) is 0. The number of nitro groups is 3. The second-order valence-corrected chi connectivity index (χ2v) is 5.67. The first kappa shape index (κ1) is 19.0. The molecular weight excluding hydrogens is 342 g/mol. The second kappa shape index (κ2) is 6.87. The van der Waals surface area contributed by atoms with Crippen LogP contribution in [0.25, 0.3) is 11.1 Å². The third-order valence-corrected chi connectivity index (χ3v) is 4.21. The molecule has 0 radical (unpaired) electrons. The normalized spacial score (nSPS) is 13.9. The fourth-order valence-electron chi connectivity index (χ4n) is 3.22. The fourth-order valence-corrected chi connectivity index (χ4v) is 3.22. The summed E-state index contributed by atoms with van der Waals surface area (Å²) in [7, 11) is 0. The molecule has 9 heteroatoms. The summed E-state index contributed by atoms with van der Waals surface area (Å²) in [6.07, 6.45) is 0. The van der Waals surface area contributed by atoms with Crippen molar-refractivity contribution in [3.63, 3.8) is 0 Å². The lowest BCUT2D eigenvalue weighted by Crippen LogP contribution is -1.98. The molecule has 0 fully saturated rings. The number of aryl methyl sites for hydroxylation is 1. The van der Waals surface area contributed by atoms with Crippen LogP contribution in [0.3, 0.4) is 0 Å². The quantitative estimate of drug-likeness (QED) is 0.567. The maximum atomic E-state index is 11.4. The summed E-state index contributed by atoms with van der Waals surface area (Å²) in [6.45, 7) is 7.42. The molecule has 1 aliphatic rings. The number of nitrogens with zero attached hydrogens (tertiary/aromatic N) is 3. The van der Waals surface area contributed by atoms with Gasteiger partial charge in [0.1, 0.15) is 0 Å². The van der Waals surface area contributed by atoms with Gasteiger partial charge >= 0.3 is 0 Å². The van der Waals surface area contributed by atoms with Crippen LogP contribution < -0.4 is 0 Å². The van der Waals surface area contributed by atoms with Crippen molar-refractivity contribution >= 4 is 17.1 Å². The van der Waals surface area contributed by atoms with Gasteiger partial charge in [-0.15, -0.1) is 0 Å². The highest BCUT2D eigenvalue weighted by molar-refractivity contribution is 5.92. The number of fused-ring (bicyclic) bond motifs is 3. The molecule has 136 valence electrons. The highest BCUT2D eigenvalue weighted by Gasteiger charge is 2.39. The van der Waals surface area contributed by atoms with Gasteiger partial charge < -0.3 is 0 Å². The molecule has 1 aliphatic carbocycles. The van der Waals surface area contributed by atoms with Gasteiger partial charge in [0.15, 0.2) is 0 Å². The van der Waals surface area contributed by atoms with E-state index in [2.05, 4.69) is 0 Å². The molecule has 3 rings (SSSR count). The first-order chi connectivity index (χ1) is 12.2. The van der Waals surface area contributed by atoms with Gasteiger partial charge in [0.2, 0.25) is 0 Å². The Labute approximate surface area is 148 Å². The maximum Gasteiger partial charge on any atom is 0.284 e. The standard InChI is InChI=1S/C15H11N3O6.C2H6/c1-7-3-10-8(2)11-5-9(16(19)20)6-13(18(23)24)15(11)14(10)12(4-7)17(21)22;1-2/h3-6,8H,1-2H3;1-2H3. The van der Waals surface area contributed by atoms with Crippen LogP contribution in [-0.4, -0.2) is 14.8 Å². The van der Waals surface area contributed by atoms with Gasteiger partial charge in [-0.25, -0.2) is 0 Å². The van der Waals surface area contributed by atoms with E-state index in [4.69, 9.17) is 0 Å². The minimum Gasteiger partial charge on any atom is -0.258 e. The lowest BCUT2D eigenvalue weighted by Gasteiger charge is -2.06. The fraction of sp³-hybridized carbons (Fsp3) is 0.294. The summed E-state index contributed by atoms with van der Waals surface area (Å²) in [5, 5.41) is 33.9. The third-order valence-electron chi connectivity index (χ3n) is 4.21. The minimum atomic E-state index is -0.739. The van der Waals surface area contributed by atoms with Gasteiger partial charge in [-0.05, 0) is 23.6 Å². The summed E-state index contributed by atoms with van der Waals surface area (Å²) in [5.41, 5.74) is 0.732. The molecule has 0 saturated heterocycles. The number of rotatable bonds is 3. The van der Waals surface area contributed by atoms with Crippen molar-refractivity contribution in [2.45, 2.75) is 33.6 Å². The van der Waals surface area contributed by atoms with E-state index < -0.39 is 32.1 Å². The van der Waals surface area contributed by atoms with Crippen LogP contribution in [0.15, 0.2) is 24.3 Å². The van der Waals surface area contributed by atoms with Crippen molar-refractivity contribution < 1.29 is 14.8 Å². The number of nitro benzene ring substituents is 3. The van der Waals surface area contributed by atoms with Crippen LogP contribution in [0.5, 0.6) is 0 Å². The molecule has 0 aromatic heterocycles. The van der Waals surface area contributed by atoms with Gasteiger partial charge in [0.25, 0.3) is 17.1 Å². The Balaban J connectivity index is 0.00000117. The van der Waals surface area contributed by atoms with Gasteiger partial charge in [-0.2, -0.15) is 0 Å². The minimum absolute atomic E-state index is 0.0970. The zero-order chi connectivity index (χ0) is 19.8. The highest BCUT2D eigenvalue weighted by atomic mass is 16.6. The van der Waals surface area contributed by atoms with E-state index in [1.54, 1.807) is 19.9 Å². The van der Waals surface area contributed by atoms with Crippen molar-refractivity contribution in [1.82, 2.24) is 0 Å². The van der Waals surface area contributed by atoms with E-state index >= 15 is 0 Å². The molecule has 26 heavy (non-hydrogen) atoms. The van der Waals surface area contributed by atoms with Gasteiger partial charge in [-0.1, -0.05) is 26.8 Å². The van der Waals surface area contributed by atoms with Crippen LogP contribution in [0.4, 0.5) is 17.1 Å². The molecule has 0 bridgehead atoms.